The third kappa shape index (κ3) is 3.09. The molecule has 0 amide bonds. The van der Waals surface area contributed by atoms with Crippen molar-refractivity contribution in [3.8, 4) is 0 Å². The predicted molar refractivity (Wildman–Crippen MR) is 67.2 cm³/mol. The molecule has 0 fully saturated rings. The molecule has 1 heterocycles. The Morgan fingerprint density at radius 1 is 1.38 bits per heavy atom. The smallest absolute Gasteiger partial charge is 0.0499 e. The number of aromatic nitrogens is 1. The maximum Gasteiger partial charge on any atom is 0.0499 e. The summed E-state index contributed by atoms with van der Waals surface area (Å²) < 4.78 is 2.12. The monoisotopic (exact) mass is 224 g/mol. The number of aliphatic hydroxyl groups excluding tert-OH is 1. The summed E-state index contributed by atoms with van der Waals surface area (Å²) in [5.74, 6) is 0. The highest BCUT2D eigenvalue weighted by atomic mass is 16.3. The normalized spacial score (nSPS) is 12.0. The van der Waals surface area contributed by atoms with Gasteiger partial charge in [-0.25, -0.2) is 0 Å². The fourth-order valence-electron chi connectivity index (χ4n) is 1.92. The lowest BCUT2D eigenvalue weighted by Gasteiger charge is -2.29. The second kappa shape index (κ2) is 6.06. The second-order valence-corrected chi connectivity index (χ2v) is 4.58. The fourth-order valence-corrected chi connectivity index (χ4v) is 1.92. The van der Waals surface area contributed by atoms with Crippen LogP contribution in [0.15, 0.2) is 18.3 Å². The van der Waals surface area contributed by atoms with Gasteiger partial charge in [0.1, 0.15) is 0 Å². The van der Waals surface area contributed by atoms with Gasteiger partial charge in [-0.3, -0.25) is 0 Å². The van der Waals surface area contributed by atoms with Crippen LogP contribution in [0, 0.1) is 5.41 Å². The highest BCUT2D eigenvalue weighted by molar-refractivity contribution is 5.06. The lowest BCUT2D eigenvalue weighted by molar-refractivity contribution is 0.113. The quantitative estimate of drug-likeness (QED) is 0.742. The van der Waals surface area contributed by atoms with Gasteiger partial charge in [0.05, 0.1) is 0 Å². The standard InChI is InChI=1S/C13H24N2O/c1-4-13(5-2,11-16)10-14-9-12-7-6-8-15(12)3/h6-8,14,16H,4-5,9-11H2,1-3H3. The fraction of sp³-hybridized carbons (Fsp3) is 0.692. The number of hydrogen-bond donors (Lipinski definition) is 2. The number of hydrogen-bond acceptors (Lipinski definition) is 2. The van der Waals surface area contributed by atoms with Gasteiger partial charge in [0, 0.05) is 44.0 Å². The average molecular weight is 224 g/mol. The molecule has 16 heavy (non-hydrogen) atoms. The van der Waals surface area contributed by atoms with E-state index in [4.69, 9.17) is 0 Å². The summed E-state index contributed by atoms with van der Waals surface area (Å²) >= 11 is 0. The van der Waals surface area contributed by atoms with Crippen LogP contribution < -0.4 is 5.32 Å². The van der Waals surface area contributed by atoms with Crippen LogP contribution in [0.4, 0.5) is 0 Å². The summed E-state index contributed by atoms with van der Waals surface area (Å²) in [4.78, 5) is 0. The van der Waals surface area contributed by atoms with E-state index in [1.165, 1.54) is 5.69 Å². The average Bonchev–Trinajstić information content (AvgIpc) is 2.71. The van der Waals surface area contributed by atoms with Crippen molar-refractivity contribution in [2.45, 2.75) is 33.2 Å². The molecule has 3 heteroatoms. The first-order valence-electron chi connectivity index (χ1n) is 6.09. The summed E-state index contributed by atoms with van der Waals surface area (Å²) in [6, 6.07) is 4.17. The van der Waals surface area contributed by atoms with Gasteiger partial charge < -0.3 is 15.0 Å². The highest BCUT2D eigenvalue weighted by Gasteiger charge is 2.24. The van der Waals surface area contributed by atoms with Crippen molar-refractivity contribution in [3.05, 3.63) is 24.0 Å². The van der Waals surface area contributed by atoms with Crippen LogP contribution in [0.5, 0.6) is 0 Å². The molecule has 92 valence electrons. The van der Waals surface area contributed by atoms with E-state index >= 15 is 0 Å². The van der Waals surface area contributed by atoms with Gasteiger partial charge >= 0.3 is 0 Å². The molecular formula is C13H24N2O. The molecule has 0 saturated heterocycles. The van der Waals surface area contributed by atoms with E-state index in [1.807, 2.05) is 0 Å². The van der Waals surface area contributed by atoms with E-state index < -0.39 is 0 Å². The first kappa shape index (κ1) is 13.3. The van der Waals surface area contributed by atoms with Crippen LogP contribution >= 0.6 is 0 Å². The van der Waals surface area contributed by atoms with Gasteiger partial charge in [-0.1, -0.05) is 13.8 Å². The van der Waals surface area contributed by atoms with Crippen LogP contribution in [0.25, 0.3) is 0 Å². The van der Waals surface area contributed by atoms with Crippen LogP contribution in [0.3, 0.4) is 0 Å². The molecule has 0 radical (unpaired) electrons. The summed E-state index contributed by atoms with van der Waals surface area (Å²) in [6.07, 6.45) is 4.08. The molecule has 1 aromatic rings. The van der Waals surface area contributed by atoms with E-state index in [2.05, 4.69) is 49.1 Å². The third-order valence-electron chi connectivity index (χ3n) is 3.69. The Bertz CT molecular complexity index is 294. The summed E-state index contributed by atoms with van der Waals surface area (Å²) in [5.41, 5.74) is 1.32. The predicted octanol–water partition coefficient (Wildman–Crippen LogP) is 1.91. The van der Waals surface area contributed by atoms with Gasteiger partial charge in [0.2, 0.25) is 0 Å². The molecule has 2 N–H and O–H groups in total. The van der Waals surface area contributed by atoms with Crippen molar-refractivity contribution in [1.29, 1.82) is 0 Å². The van der Waals surface area contributed by atoms with Gasteiger partial charge in [-0.15, -0.1) is 0 Å². The Morgan fingerprint density at radius 3 is 2.50 bits per heavy atom. The molecule has 0 aliphatic rings. The molecule has 0 spiro atoms. The lowest BCUT2D eigenvalue weighted by atomic mass is 9.83. The number of aryl methyl sites for hydroxylation is 1. The molecule has 0 unspecified atom stereocenters. The van der Waals surface area contributed by atoms with Gasteiger partial charge in [0.25, 0.3) is 0 Å². The maximum absolute atomic E-state index is 9.44. The first-order chi connectivity index (χ1) is 7.67. The number of nitrogens with one attached hydrogen (secondary N) is 1. The number of aliphatic hydroxyl groups is 1. The molecule has 0 atom stereocenters. The van der Waals surface area contributed by atoms with Gasteiger partial charge in [0.15, 0.2) is 0 Å². The zero-order chi connectivity index (χ0) is 12.0. The van der Waals surface area contributed by atoms with Crippen LogP contribution in [0.1, 0.15) is 32.4 Å². The molecule has 0 aliphatic heterocycles. The topological polar surface area (TPSA) is 37.2 Å². The SMILES string of the molecule is CCC(CC)(CO)CNCc1cccn1C. The number of nitrogens with zero attached hydrogens (tertiary/aromatic N) is 1. The Kier molecular flexibility index (Phi) is 5.03. The van der Waals surface area contributed by atoms with Crippen molar-refractivity contribution in [1.82, 2.24) is 9.88 Å². The Hall–Kier alpha value is -0.800. The number of rotatable bonds is 7. The molecule has 1 aromatic heterocycles. The second-order valence-electron chi connectivity index (χ2n) is 4.58. The zero-order valence-electron chi connectivity index (χ0n) is 10.7. The van der Waals surface area contributed by atoms with Crippen LogP contribution in [-0.4, -0.2) is 22.8 Å². The first-order valence-corrected chi connectivity index (χ1v) is 6.09. The van der Waals surface area contributed by atoms with Gasteiger partial charge in [-0.05, 0) is 25.0 Å². The zero-order valence-corrected chi connectivity index (χ0v) is 10.7. The molecule has 0 bridgehead atoms. The Morgan fingerprint density at radius 2 is 2.06 bits per heavy atom. The van der Waals surface area contributed by atoms with Crippen molar-refractivity contribution in [2.24, 2.45) is 12.5 Å². The summed E-state index contributed by atoms with van der Waals surface area (Å²) in [7, 11) is 2.05. The van der Waals surface area contributed by atoms with E-state index in [9.17, 15) is 5.11 Å². The van der Waals surface area contributed by atoms with Crippen molar-refractivity contribution in [2.75, 3.05) is 13.2 Å². The Labute approximate surface area is 98.5 Å². The minimum absolute atomic E-state index is 0.0468. The minimum Gasteiger partial charge on any atom is -0.396 e. The molecule has 0 aliphatic carbocycles. The summed E-state index contributed by atoms with van der Waals surface area (Å²) in [6.45, 7) is 6.29. The van der Waals surface area contributed by atoms with E-state index in [1.54, 1.807) is 0 Å². The van der Waals surface area contributed by atoms with Crippen molar-refractivity contribution in [3.63, 3.8) is 0 Å². The molecule has 0 aromatic carbocycles. The Balaban J connectivity index is 2.42. The van der Waals surface area contributed by atoms with E-state index in [0.29, 0.717) is 0 Å². The largest absolute Gasteiger partial charge is 0.396 e. The van der Waals surface area contributed by atoms with Crippen molar-refractivity contribution >= 4 is 0 Å². The molecule has 0 saturated carbocycles. The van der Waals surface area contributed by atoms with E-state index in [0.717, 1.165) is 25.9 Å². The molecule has 3 nitrogen and oxygen atoms in total. The van der Waals surface area contributed by atoms with Crippen molar-refractivity contribution < 1.29 is 5.11 Å². The maximum atomic E-state index is 9.44. The van der Waals surface area contributed by atoms with Gasteiger partial charge in [-0.2, -0.15) is 0 Å². The van der Waals surface area contributed by atoms with E-state index in [-0.39, 0.29) is 12.0 Å². The minimum atomic E-state index is 0.0468. The molecule has 1 rings (SSSR count). The lowest BCUT2D eigenvalue weighted by Crippen LogP contribution is -2.36. The van der Waals surface area contributed by atoms with Crippen LogP contribution in [-0.2, 0) is 13.6 Å². The summed E-state index contributed by atoms with van der Waals surface area (Å²) in [5, 5.41) is 12.9. The third-order valence-corrected chi connectivity index (χ3v) is 3.69. The highest BCUT2D eigenvalue weighted by Crippen LogP contribution is 2.24. The molecular weight excluding hydrogens is 200 g/mol. The van der Waals surface area contributed by atoms with Crippen LogP contribution in [0.2, 0.25) is 0 Å².